The van der Waals surface area contributed by atoms with Crippen molar-refractivity contribution in [2.75, 3.05) is 5.32 Å². The summed E-state index contributed by atoms with van der Waals surface area (Å²) in [4.78, 5) is 33.0. The average molecular weight is 558 g/mol. The fourth-order valence-electron chi connectivity index (χ4n) is 6.24. The lowest BCUT2D eigenvalue weighted by molar-refractivity contribution is 0.0902. The van der Waals surface area contributed by atoms with Crippen molar-refractivity contribution in [1.29, 1.82) is 0 Å². The number of H-pyrrole nitrogens is 2. The molecule has 212 valence electrons. The van der Waals surface area contributed by atoms with Crippen LogP contribution in [0.4, 0.5) is 5.69 Å². The highest BCUT2D eigenvalue weighted by Gasteiger charge is 2.23. The van der Waals surface area contributed by atoms with Gasteiger partial charge in [-0.3, -0.25) is 9.59 Å². The molecular weight excluding hydrogens is 522 g/mol. The van der Waals surface area contributed by atoms with Crippen LogP contribution in [0.15, 0.2) is 84.9 Å². The number of hydrogen-bond acceptors (Lipinski definition) is 3. The number of phenolic OH excluding ortho intramolecular Hbond substituents is 1. The zero-order valence-electron chi connectivity index (χ0n) is 24.1. The molecule has 4 aromatic carbocycles. The molecule has 0 aliphatic carbocycles. The largest absolute Gasteiger partial charge is 0.507 e. The van der Waals surface area contributed by atoms with Crippen LogP contribution in [0.2, 0.25) is 0 Å². The van der Waals surface area contributed by atoms with Crippen LogP contribution in [0.5, 0.6) is 5.75 Å². The van der Waals surface area contributed by atoms with E-state index in [4.69, 9.17) is 0 Å². The summed E-state index contributed by atoms with van der Waals surface area (Å²) in [5, 5.41) is 17.2. The fraction of sp³-hybridized carbons (Fsp3) is 0.222. The lowest BCUT2D eigenvalue weighted by Crippen LogP contribution is -2.15. The van der Waals surface area contributed by atoms with Gasteiger partial charge in [-0.15, -0.1) is 0 Å². The molecule has 0 fully saturated rings. The van der Waals surface area contributed by atoms with E-state index in [0.29, 0.717) is 22.8 Å². The molecule has 2 unspecified atom stereocenters. The van der Waals surface area contributed by atoms with Crippen molar-refractivity contribution in [1.82, 2.24) is 9.97 Å². The van der Waals surface area contributed by atoms with E-state index < -0.39 is 0 Å². The Kier molecular flexibility index (Phi) is 7.29. The van der Waals surface area contributed by atoms with Crippen molar-refractivity contribution in [2.24, 2.45) is 5.92 Å². The Morgan fingerprint density at radius 2 is 1.50 bits per heavy atom. The first-order valence-corrected chi connectivity index (χ1v) is 14.6. The Bertz CT molecular complexity index is 1910. The molecular formula is C36H35N3O3. The van der Waals surface area contributed by atoms with Crippen LogP contribution in [0.25, 0.3) is 32.6 Å². The normalized spacial score (nSPS) is 13.0. The van der Waals surface area contributed by atoms with Gasteiger partial charge in [-0.2, -0.15) is 0 Å². The number of rotatable bonds is 9. The minimum absolute atomic E-state index is 0.106. The molecule has 6 aromatic rings. The molecule has 2 aromatic heterocycles. The van der Waals surface area contributed by atoms with Crippen molar-refractivity contribution < 1.29 is 14.7 Å². The number of para-hydroxylation sites is 1. The van der Waals surface area contributed by atoms with Crippen LogP contribution in [0, 0.1) is 12.8 Å². The summed E-state index contributed by atoms with van der Waals surface area (Å²) < 4.78 is 0. The van der Waals surface area contributed by atoms with Crippen molar-refractivity contribution in [3.05, 3.63) is 107 Å². The summed E-state index contributed by atoms with van der Waals surface area (Å²) in [7, 11) is 0. The summed E-state index contributed by atoms with van der Waals surface area (Å²) in [5.74, 6) is 0.333. The van der Waals surface area contributed by atoms with Crippen LogP contribution in [0.1, 0.15) is 71.1 Å². The van der Waals surface area contributed by atoms with Gasteiger partial charge >= 0.3 is 0 Å². The minimum Gasteiger partial charge on any atom is -0.507 e. The van der Waals surface area contributed by atoms with Gasteiger partial charge in [0, 0.05) is 38.8 Å². The molecule has 4 N–H and O–H groups in total. The number of phenols is 1. The topological polar surface area (TPSA) is 98.0 Å². The van der Waals surface area contributed by atoms with Gasteiger partial charge in [0.2, 0.25) is 0 Å². The fourth-order valence-corrected chi connectivity index (χ4v) is 6.24. The minimum atomic E-state index is -0.214. The van der Waals surface area contributed by atoms with Crippen molar-refractivity contribution in [2.45, 2.75) is 46.0 Å². The number of Topliss-reactive ketones (excluding diaryl/α,β-unsaturated/α-hetero) is 1. The predicted octanol–water partition coefficient (Wildman–Crippen LogP) is 8.86. The van der Waals surface area contributed by atoms with E-state index >= 15 is 0 Å². The van der Waals surface area contributed by atoms with Gasteiger partial charge in [-0.25, -0.2) is 0 Å². The quantitative estimate of drug-likeness (QED) is 0.134. The van der Waals surface area contributed by atoms with E-state index in [9.17, 15) is 14.7 Å². The lowest BCUT2D eigenvalue weighted by atomic mass is 9.84. The number of carbonyl (C=O) groups is 2. The molecule has 0 aliphatic rings. The summed E-state index contributed by atoms with van der Waals surface area (Å²) in [6.45, 7) is 6.31. The Balaban J connectivity index is 1.16. The standard InChI is InChI=1S/C36H35N3O3/c1-4-23(14-13-21(2)34-22(3)17-33(40)27-10-6-7-11-28(27)34)35(41)31-20-25-18-26(15-16-30(25)38-31)37-36(42)32-19-24-9-5-8-12-29(24)39-32/h5-12,15-21,23,38-40H,4,13-14H2,1-3H3,(H,37,42). The van der Waals surface area contributed by atoms with Crippen molar-refractivity contribution in [3.63, 3.8) is 0 Å². The number of aromatic hydroxyl groups is 1. The zero-order valence-corrected chi connectivity index (χ0v) is 24.1. The van der Waals surface area contributed by atoms with Crippen molar-refractivity contribution >= 4 is 50.0 Å². The van der Waals surface area contributed by atoms with E-state index in [1.165, 1.54) is 5.56 Å². The first kappa shape index (κ1) is 27.3. The molecule has 6 nitrogen and oxygen atoms in total. The van der Waals surface area contributed by atoms with Crippen LogP contribution < -0.4 is 5.32 Å². The second-order valence-electron chi connectivity index (χ2n) is 11.3. The van der Waals surface area contributed by atoms with Crippen molar-refractivity contribution in [3.8, 4) is 5.75 Å². The highest BCUT2D eigenvalue weighted by Crippen LogP contribution is 2.37. The van der Waals surface area contributed by atoms with Gasteiger partial charge in [-0.1, -0.05) is 56.3 Å². The van der Waals surface area contributed by atoms with E-state index in [-0.39, 0.29) is 23.5 Å². The average Bonchev–Trinajstić information content (AvgIpc) is 3.62. The molecule has 0 aliphatic heterocycles. The predicted molar refractivity (Wildman–Crippen MR) is 171 cm³/mol. The zero-order chi connectivity index (χ0) is 29.4. The molecule has 6 heteroatoms. The van der Waals surface area contributed by atoms with Gasteiger partial charge in [0.05, 0.1) is 5.69 Å². The number of anilines is 1. The van der Waals surface area contributed by atoms with E-state index in [0.717, 1.165) is 57.4 Å². The number of aryl methyl sites for hydroxylation is 1. The molecule has 0 bridgehead atoms. The third-order valence-corrected chi connectivity index (χ3v) is 8.49. The number of aromatic amines is 2. The molecule has 0 radical (unpaired) electrons. The third kappa shape index (κ3) is 5.16. The lowest BCUT2D eigenvalue weighted by Gasteiger charge is -2.21. The summed E-state index contributed by atoms with van der Waals surface area (Å²) in [5.41, 5.74) is 5.84. The Hall–Kier alpha value is -4.84. The SMILES string of the molecule is CCC(CCC(C)c1c(C)cc(O)c2ccccc12)C(=O)c1cc2cc(NC(=O)c3cc4ccccc4[nH]3)ccc2[nH]1. The van der Waals surface area contributed by atoms with Crippen LogP contribution in [-0.2, 0) is 0 Å². The highest BCUT2D eigenvalue weighted by molar-refractivity contribution is 6.07. The van der Waals surface area contributed by atoms with Gasteiger partial charge in [0.1, 0.15) is 11.4 Å². The Labute approximate surface area is 244 Å². The molecule has 2 atom stereocenters. The van der Waals surface area contributed by atoms with E-state index in [1.54, 1.807) is 0 Å². The monoisotopic (exact) mass is 557 g/mol. The molecule has 1 amide bonds. The molecule has 0 saturated carbocycles. The summed E-state index contributed by atoms with van der Waals surface area (Å²) in [6.07, 6.45) is 2.39. The Morgan fingerprint density at radius 3 is 2.29 bits per heavy atom. The Morgan fingerprint density at radius 1 is 0.810 bits per heavy atom. The molecule has 6 rings (SSSR count). The molecule has 2 heterocycles. The highest BCUT2D eigenvalue weighted by atomic mass is 16.3. The number of nitrogens with one attached hydrogen (secondary N) is 3. The maximum absolute atomic E-state index is 13.6. The molecule has 0 saturated heterocycles. The second kappa shape index (κ2) is 11.2. The smallest absolute Gasteiger partial charge is 0.272 e. The number of fused-ring (bicyclic) bond motifs is 3. The van der Waals surface area contributed by atoms with Gasteiger partial charge < -0.3 is 20.4 Å². The molecule has 42 heavy (non-hydrogen) atoms. The van der Waals surface area contributed by atoms with E-state index in [2.05, 4.69) is 35.2 Å². The van der Waals surface area contributed by atoms with E-state index in [1.807, 2.05) is 85.8 Å². The number of ketones is 1. The summed E-state index contributed by atoms with van der Waals surface area (Å²) in [6, 6.07) is 27.0. The third-order valence-electron chi connectivity index (χ3n) is 8.49. The van der Waals surface area contributed by atoms with Crippen LogP contribution in [-0.4, -0.2) is 26.8 Å². The second-order valence-corrected chi connectivity index (χ2v) is 11.3. The van der Waals surface area contributed by atoms with Crippen LogP contribution >= 0.6 is 0 Å². The number of aromatic nitrogens is 2. The maximum Gasteiger partial charge on any atom is 0.272 e. The first-order chi connectivity index (χ1) is 20.3. The number of benzene rings is 4. The number of carbonyl (C=O) groups excluding carboxylic acids is 2. The number of hydrogen-bond donors (Lipinski definition) is 4. The molecule has 0 spiro atoms. The number of amides is 1. The van der Waals surface area contributed by atoms with Gasteiger partial charge in [0.15, 0.2) is 5.78 Å². The summed E-state index contributed by atoms with van der Waals surface area (Å²) >= 11 is 0. The van der Waals surface area contributed by atoms with Gasteiger partial charge in [-0.05, 0) is 91.1 Å². The van der Waals surface area contributed by atoms with Gasteiger partial charge in [0.25, 0.3) is 5.91 Å². The maximum atomic E-state index is 13.6. The first-order valence-electron chi connectivity index (χ1n) is 14.6. The van der Waals surface area contributed by atoms with Crippen LogP contribution in [0.3, 0.4) is 0 Å².